The Balaban J connectivity index is 1.34. The molecule has 11 heteroatoms. The van der Waals surface area contributed by atoms with Crippen molar-refractivity contribution in [1.29, 1.82) is 0 Å². The van der Waals surface area contributed by atoms with Crippen LogP contribution in [0.1, 0.15) is 31.4 Å². The highest BCUT2D eigenvalue weighted by atomic mass is 35.5. The Bertz CT molecular complexity index is 1310. The third-order valence-electron chi connectivity index (χ3n) is 7.43. The molecule has 1 aromatic carbocycles. The van der Waals surface area contributed by atoms with Gasteiger partial charge in [0.1, 0.15) is 12.4 Å². The van der Waals surface area contributed by atoms with Crippen LogP contribution in [0.2, 0.25) is 0 Å². The van der Waals surface area contributed by atoms with Gasteiger partial charge >= 0.3 is 6.18 Å². The molecular formula is C25H24ClF4N3O2S. The van der Waals surface area contributed by atoms with Crippen molar-refractivity contribution in [2.75, 3.05) is 13.1 Å². The molecule has 1 aliphatic heterocycles. The van der Waals surface area contributed by atoms with Crippen LogP contribution in [-0.2, 0) is 10.2 Å². The van der Waals surface area contributed by atoms with Crippen molar-refractivity contribution >= 4 is 27.9 Å². The zero-order valence-electron chi connectivity index (χ0n) is 19.1. The predicted molar refractivity (Wildman–Crippen MR) is 129 cm³/mol. The van der Waals surface area contributed by atoms with E-state index in [9.17, 15) is 26.0 Å². The summed E-state index contributed by atoms with van der Waals surface area (Å²) >= 11 is 6.65. The molecule has 1 spiro atoms. The van der Waals surface area contributed by atoms with Crippen molar-refractivity contribution in [3.05, 3.63) is 70.8 Å². The van der Waals surface area contributed by atoms with E-state index < -0.39 is 28.5 Å². The Morgan fingerprint density at radius 1 is 1.06 bits per heavy atom. The largest absolute Gasteiger partial charge is 0.402 e. The van der Waals surface area contributed by atoms with Gasteiger partial charge in [-0.15, -0.1) is 0 Å². The number of hydrogen-bond acceptors (Lipinski definition) is 3. The second-order valence-corrected chi connectivity index (χ2v) is 11.8. The molecule has 2 fully saturated rings. The van der Waals surface area contributed by atoms with Crippen LogP contribution in [0.4, 0.5) is 17.6 Å². The molecule has 1 N–H and O–H groups in total. The number of alkyl halides is 3. The fourth-order valence-electron chi connectivity index (χ4n) is 5.68. The first-order valence-electron chi connectivity index (χ1n) is 11.6. The van der Waals surface area contributed by atoms with Crippen LogP contribution in [0.25, 0.3) is 17.2 Å². The minimum atomic E-state index is -4.62. The fourth-order valence-corrected chi connectivity index (χ4v) is 7.72. The molecule has 36 heavy (non-hydrogen) atoms. The van der Waals surface area contributed by atoms with Crippen LogP contribution in [0.15, 0.2) is 59.3 Å². The maximum atomic E-state index is 13.2. The van der Waals surface area contributed by atoms with Crippen LogP contribution in [0.5, 0.6) is 0 Å². The number of aromatic nitrogens is 1. The third-order valence-corrected chi connectivity index (χ3v) is 9.41. The van der Waals surface area contributed by atoms with Gasteiger partial charge < -0.3 is 0 Å². The van der Waals surface area contributed by atoms with E-state index in [0.717, 1.165) is 16.7 Å². The molecule has 5 rings (SSSR count). The van der Waals surface area contributed by atoms with Gasteiger partial charge in [-0.3, -0.25) is 4.98 Å². The van der Waals surface area contributed by atoms with Crippen molar-refractivity contribution in [1.82, 2.24) is 14.0 Å². The summed E-state index contributed by atoms with van der Waals surface area (Å²) in [5.74, 6) is -0.656. The molecule has 0 amide bonds. The average Bonchev–Trinajstić information content (AvgIpc) is 3.21. The normalized spacial score (nSPS) is 28.4. The lowest BCUT2D eigenvalue weighted by molar-refractivity contribution is -0.136. The smallest absolute Gasteiger partial charge is 0.256 e. The number of nitrogens with one attached hydrogen (secondary N) is 1. The molecular weight excluding hydrogens is 518 g/mol. The van der Waals surface area contributed by atoms with E-state index in [1.807, 2.05) is 24.3 Å². The first-order chi connectivity index (χ1) is 17.0. The highest BCUT2D eigenvalue weighted by molar-refractivity contribution is 7.87. The van der Waals surface area contributed by atoms with Gasteiger partial charge in [0.25, 0.3) is 10.2 Å². The van der Waals surface area contributed by atoms with E-state index in [1.165, 1.54) is 12.1 Å². The van der Waals surface area contributed by atoms with Crippen LogP contribution in [0.3, 0.4) is 0 Å². The summed E-state index contributed by atoms with van der Waals surface area (Å²) in [6.45, 7) is -1.71. The summed E-state index contributed by atoms with van der Waals surface area (Å²) in [5.41, 5.74) is 2.24. The van der Waals surface area contributed by atoms with Crippen molar-refractivity contribution in [3.63, 3.8) is 0 Å². The van der Waals surface area contributed by atoms with Gasteiger partial charge in [-0.1, -0.05) is 35.9 Å². The predicted octanol–water partition coefficient (Wildman–Crippen LogP) is 5.66. The Labute approximate surface area is 212 Å². The maximum Gasteiger partial charge on any atom is 0.402 e. The Morgan fingerprint density at radius 2 is 1.72 bits per heavy atom. The lowest BCUT2D eigenvalue weighted by Crippen LogP contribution is -2.51. The Kier molecular flexibility index (Phi) is 6.51. The number of nitrogens with zero attached hydrogens (tertiary/aromatic N) is 2. The number of halogens is 5. The van der Waals surface area contributed by atoms with Crippen LogP contribution < -0.4 is 4.72 Å². The number of benzene rings is 1. The summed E-state index contributed by atoms with van der Waals surface area (Å²) in [6.07, 6.45) is 3.01. The Morgan fingerprint density at radius 3 is 2.36 bits per heavy atom. The van der Waals surface area contributed by atoms with E-state index in [1.54, 1.807) is 18.3 Å². The maximum absolute atomic E-state index is 13.2. The highest BCUT2D eigenvalue weighted by Crippen LogP contribution is 2.53. The molecule has 1 saturated carbocycles. The first-order valence-corrected chi connectivity index (χ1v) is 13.4. The number of hydrogen-bond donors (Lipinski definition) is 1. The lowest BCUT2D eigenvalue weighted by atomic mass is 9.79. The monoisotopic (exact) mass is 541 g/mol. The molecule has 3 aliphatic rings. The van der Waals surface area contributed by atoms with Gasteiger partial charge in [0.05, 0.1) is 11.2 Å². The third kappa shape index (κ3) is 4.96. The van der Waals surface area contributed by atoms with E-state index in [2.05, 4.69) is 9.71 Å². The van der Waals surface area contributed by atoms with Gasteiger partial charge in [0.15, 0.2) is 0 Å². The summed E-state index contributed by atoms with van der Waals surface area (Å²) < 4.78 is 80.5. The molecule has 2 unspecified atom stereocenters. The minimum absolute atomic E-state index is 0.166. The second kappa shape index (κ2) is 9.24. The SMILES string of the molecule is O=S1(=O)N[C@]2(CN1CC(F)(F)F)C1CCC2CC(/C=C/c2ccc(-c3ccc(F)cc3)cn2)=C(Cl)C1. The highest BCUT2D eigenvalue weighted by Gasteiger charge is 2.60. The Hall–Kier alpha value is -2.27. The molecule has 192 valence electrons. The summed E-state index contributed by atoms with van der Waals surface area (Å²) in [6, 6.07) is 9.83. The number of rotatable bonds is 4. The van der Waals surface area contributed by atoms with Crippen molar-refractivity contribution in [3.8, 4) is 11.1 Å². The summed E-state index contributed by atoms with van der Waals surface area (Å²) in [5, 5.41) is 0.592. The second-order valence-electron chi connectivity index (χ2n) is 9.65. The van der Waals surface area contributed by atoms with Crippen LogP contribution in [0, 0.1) is 17.7 Å². The van der Waals surface area contributed by atoms with Gasteiger partial charge in [0.2, 0.25) is 0 Å². The number of allylic oxidation sites excluding steroid dienone is 3. The van der Waals surface area contributed by atoms with E-state index in [-0.39, 0.29) is 24.2 Å². The van der Waals surface area contributed by atoms with E-state index in [4.69, 9.17) is 11.6 Å². The van der Waals surface area contributed by atoms with E-state index >= 15 is 0 Å². The number of pyridine rings is 1. The molecule has 5 nitrogen and oxygen atoms in total. The summed E-state index contributed by atoms with van der Waals surface area (Å²) in [4.78, 5) is 4.44. The quantitative estimate of drug-likeness (QED) is 0.508. The van der Waals surface area contributed by atoms with Gasteiger partial charge in [-0.05, 0) is 72.9 Å². The molecule has 1 aromatic heterocycles. The van der Waals surface area contributed by atoms with Crippen molar-refractivity contribution in [2.45, 2.75) is 37.4 Å². The van der Waals surface area contributed by atoms with Crippen molar-refractivity contribution in [2.24, 2.45) is 11.8 Å². The van der Waals surface area contributed by atoms with E-state index in [0.29, 0.717) is 40.7 Å². The molecule has 0 radical (unpaired) electrons. The first kappa shape index (κ1) is 25.4. The van der Waals surface area contributed by atoms with Crippen LogP contribution >= 0.6 is 11.6 Å². The molecule has 1 saturated heterocycles. The van der Waals surface area contributed by atoms with Crippen molar-refractivity contribution < 1.29 is 26.0 Å². The summed E-state index contributed by atoms with van der Waals surface area (Å²) in [7, 11) is -4.24. The zero-order valence-corrected chi connectivity index (χ0v) is 20.7. The average molecular weight is 542 g/mol. The molecule has 2 aromatic rings. The van der Waals surface area contributed by atoms with Gasteiger partial charge in [0, 0.05) is 23.3 Å². The van der Waals surface area contributed by atoms with Gasteiger partial charge in [-0.2, -0.15) is 30.6 Å². The minimum Gasteiger partial charge on any atom is -0.256 e. The molecule has 2 bridgehead atoms. The lowest BCUT2D eigenvalue weighted by Gasteiger charge is -2.34. The molecule has 2 heterocycles. The fraction of sp³-hybridized carbons (Fsp3) is 0.400. The zero-order chi connectivity index (χ0) is 25.7. The topological polar surface area (TPSA) is 62.3 Å². The molecule has 3 atom stereocenters. The molecule has 2 aliphatic carbocycles. The van der Waals surface area contributed by atoms with Gasteiger partial charge in [-0.25, -0.2) is 4.39 Å². The standard InChI is InChI=1S/C25H24ClF4N3O2S/c26-23-12-20-6-5-19(24(20)14-33(15-25(28,29)30)36(34,35)32-24)11-17(23)3-9-22-10-4-18(13-31-22)16-1-7-21(27)8-2-16/h1-4,7-10,13,19-20,32H,5-6,11-12,14-15H2/b9-3+/t19?,20?,24-/m0/s1. The van der Waals surface area contributed by atoms with Crippen LogP contribution in [-0.4, -0.2) is 42.5 Å².